The van der Waals surface area contributed by atoms with E-state index >= 15 is 0 Å². The Hall–Kier alpha value is -2.62. The molecule has 1 aromatic carbocycles. The Morgan fingerprint density at radius 2 is 1.69 bits per heavy atom. The van der Waals surface area contributed by atoms with Crippen molar-refractivity contribution in [3.05, 3.63) is 70.4 Å². The van der Waals surface area contributed by atoms with Gasteiger partial charge in [0, 0.05) is 0 Å². The molecule has 0 aliphatic heterocycles. The van der Waals surface area contributed by atoms with E-state index in [0.717, 1.165) is 36.0 Å². The molecule has 280 valence electrons. The van der Waals surface area contributed by atoms with Crippen LogP contribution in [0.2, 0.25) is 0 Å². The van der Waals surface area contributed by atoms with E-state index in [0.29, 0.717) is 11.4 Å². The average Bonchev–Trinajstić information content (AvgIpc) is 3.05. The zero-order valence-corrected chi connectivity index (χ0v) is 33.3. The van der Waals surface area contributed by atoms with Crippen molar-refractivity contribution < 1.29 is 28.7 Å². The first-order valence-corrected chi connectivity index (χ1v) is 19.6. The first-order chi connectivity index (χ1) is 22.9. The van der Waals surface area contributed by atoms with Gasteiger partial charge in [0.25, 0.3) is 0 Å². The van der Waals surface area contributed by atoms with Gasteiger partial charge < -0.3 is 19.3 Å². The summed E-state index contributed by atoms with van der Waals surface area (Å²) in [5.41, 5.74) is 3.50. The second kappa shape index (κ2) is 23.7. The van der Waals surface area contributed by atoms with Crippen LogP contribution in [-0.4, -0.2) is 48.0 Å². The minimum atomic E-state index is -3.69. The summed E-state index contributed by atoms with van der Waals surface area (Å²) in [7, 11) is -3.69. The first kappa shape index (κ1) is 46.4. The molecule has 0 fully saturated rings. The van der Waals surface area contributed by atoms with Crippen LogP contribution in [0.15, 0.2) is 59.5 Å². The third-order valence-corrected chi connectivity index (χ3v) is 10.1. The molecular formula is C38H66N3O7P. The summed E-state index contributed by atoms with van der Waals surface area (Å²) >= 11 is 0. The molecular weight excluding hydrogens is 641 g/mol. The number of carbonyl (C=O) groups is 1. The number of esters is 1. The van der Waals surface area contributed by atoms with Crippen molar-refractivity contribution in [1.82, 2.24) is 10.2 Å². The predicted octanol–water partition coefficient (Wildman–Crippen LogP) is 9.66. The van der Waals surface area contributed by atoms with E-state index < -0.39 is 31.8 Å². The molecule has 11 heteroatoms. The molecule has 0 bridgehead atoms. The number of aryl methyl sites for hydroxylation is 1. The van der Waals surface area contributed by atoms with Gasteiger partial charge in [-0.1, -0.05) is 78.7 Å². The fourth-order valence-corrected chi connectivity index (χ4v) is 6.67. The highest BCUT2D eigenvalue weighted by molar-refractivity contribution is 7.59. The lowest BCUT2D eigenvalue weighted by Crippen LogP contribution is -2.45. The van der Waals surface area contributed by atoms with Crippen molar-refractivity contribution in [2.45, 2.75) is 146 Å². The van der Waals surface area contributed by atoms with Crippen LogP contribution in [-0.2, 0) is 30.0 Å². The summed E-state index contributed by atoms with van der Waals surface area (Å²) in [6.45, 7) is 28.6. The number of nitrogens with one attached hydrogen (secondary N) is 2. The number of hydrogen-bond acceptors (Lipinski definition) is 8. The molecule has 0 radical (unpaired) electrons. The summed E-state index contributed by atoms with van der Waals surface area (Å²) in [4.78, 5) is 23.9. The number of nitrogens with zero attached hydrogens (tertiary/aromatic N) is 1. The van der Waals surface area contributed by atoms with Crippen LogP contribution in [0.25, 0.3) is 0 Å². The van der Waals surface area contributed by atoms with Crippen LogP contribution in [0, 0.1) is 16.7 Å². The standard InChI is InChI=1S/C36H60N3O7P.C2H6/c1-13-25(7)19-32(20-26(8)15-16-31-17-18-34(37-42)33(21-31)23(3)4)44-22-47(43,38-28(10)35(40)45-24(5)6)39-29(11)36(41)46-30(12)27(9)14-2;1-2/h13,17-21,23-25,27-30,36,41H,1,14-16,22H2,2-12H3,(H2,38,39,43);1-2H3/b26-20-,32-19+;. The van der Waals surface area contributed by atoms with Crippen LogP contribution in [0.3, 0.4) is 0 Å². The quantitative estimate of drug-likeness (QED) is 0.0205. The largest absolute Gasteiger partial charge is 0.484 e. The SMILES string of the molecule is C=CC(C)/C=C(\C=C(\C)CCc1ccc(N=O)c(C(C)C)c1)OCP(=O)(NC(C)C(=O)OC(C)C)NC(C)C(O)OC(C)C(C)CC.CC. The molecule has 0 heterocycles. The monoisotopic (exact) mass is 707 g/mol. The Balaban J connectivity index is 0.0000113. The number of ether oxygens (including phenoxy) is 3. The van der Waals surface area contributed by atoms with Crippen molar-refractivity contribution in [2.24, 2.45) is 17.0 Å². The smallest absolute Gasteiger partial charge is 0.323 e. The van der Waals surface area contributed by atoms with Gasteiger partial charge in [-0.15, -0.1) is 11.5 Å². The normalized spacial score (nSPS) is 17.1. The van der Waals surface area contributed by atoms with Crippen molar-refractivity contribution >= 4 is 19.1 Å². The van der Waals surface area contributed by atoms with Crippen molar-refractivity contribution in [3.63, 3.8) is 0 Å². The molecule has 10 nitrogen and oxygen atoms in total. The molecule has 7 unspecified atom stereocenters. The second-order valence-corrected chi connectivity index (χ2v) is 15.4. The van der Waals surface area contributed by atoms with Gasteiger partial charge in [-0.2, -0.15) is 0 Å². The minimum Gasteiger partial charge on any atom is -0.484 e. The number of nitroso groups, excluding NO2 is 1. The van der Waals surface area contributed by atoms with Crippen LogP contribution in [0.1, 0.15) is 120 Å². The van der Waals surface area contributed by atoms with Gasteiger partial charge in [0.1, 0.15) is 17.5 Å². The molecule has 7 atom stereocenters. The van der Waals surface area contributed by atoms with E-state index in [1.807, 2.05) is 86.6 Å². The maximum absolute atomic E-state index is 14.4. The predicted molar refractivity (Wildman–Crippen MR) is 203 cm³/mol. The molecule has 0 amide bonds. The summed E-state index contributed by atoms with van der Waals surface area (Å²) < 4.78 is 31.7. The number of rotatable bonds is 22. The van der Waals surface area contributed by atoms with Crippen molar-refractivity contribution in [3.8, 4) is 0 Å². The Morgan fingerprint density at radius 3 is 2.22 bits per heavy atom. The van der Waals surface area contributed by atoms with Gasteiger partial charge in [-0.05, 0) is 107 Å². The Morgan fingerprint density at radius 1 is 1.06 bits per heavy atom. The lowest BCUT2D eigenvalue weighted by molar-refractivity contribution is -0.154. The van der Waals surface area contributed by atoms with Crippen LogP contribution >= 0.6 is 7.44 Å². The highest BCUT2D eigenvalue weighted by Crippen LogP contribution is 2.39. The number of hydrogen-bond donors (Lipinski definition) is 3. The van der Waals surface area contributed by atoms with E-state index in [4.69, 9.17) is 14.2 Å². The van der Waals surface area contributed by atoms with E-state index in [1.54, 1.807) is 39.8 Å². The molecule has 0 saturated carbocycles. The minimum absolute atomic E-state index is 0.0394. The molecule has 49 heavy (non-hydrogen) atoms. The van der Waals surface area contributed by atoms with Crippen LogP contribution < -0.4 is 10.2 Å². The number of aliphatic hydroxyl groups excluding tert-OH is 1. The molecule has 0 saturated heterocycles. The van der Waals surface area contributed by atoms with Crippen LogP contribution in [0.4, 0.5) is 5.69 Å². The molecule has 0 aromatic heterocycles. The van der Waals surface area contributed by atoms with Gasteiger partial charge >= 0.3 is 5.97 Å². The van der Waals surface area contributed by atoms with Gasteiger partial charge in [0.2, 0.25) is 7.44 Å². The van der Waals surface area contributed by atoms with E-state index in [9.17, 15) is 19.4 Å². The summed E-state index contributed by atoms with van der Waals surface area (Å²) in [5, 5.41) is 19.9. The Kier molecular flexibility index (Phi) is 22.5. The number of carbonyl (C=O) groups excluding carboxylic acids is 1. The molecule has 0 aliphatic rings. The first-order valence-electron chi connectivity index (χ1n) is 17.7. The Labute approximate surface area is 297 Å². The number of benzene rings is 1. The molecule has 0 spiro atoms. The summed E-state index contributed by atoms with van der Waals surface area (Å²) in [6.07, 6.45) is 5.77. The van der Waals surface area contributed by atoms with Gasteiger partial charge in [0.15, 0.2) is 12.6 Å². The van der Waals surface area contributed by atoms with Gasteiger partial charge in [-0.25, -0.2) is 10.2 Å². The number of aliphatic hydroxyl groups is 1. The maximum atomic E-state index is 14.4. The lowest BCUT2D eigenvalue weighted by atomic mass is 9.96. The fourth-order valence-electron chi connectivity index (χ4n) is 4.60. The molecule has 1 rings (SSSR count). The molecule has 1 aromatic rings. The van der Waals surface area contributed by atoms with E-state index in [2.05, 4.69) is 21.9 Å². The summed E-state index contributed by atoms with van der Waals surface area (Å²) in [6, 6.07) is 4.04. The number of allylic oxidation sites excluding steroid dienone is 4. The molecule has 3 N–H and O–H groups in total. The fraction of sp³-hybridized carbons (Fsp3) is 0.658. The molecule has 0 aliphatic carbocycles. The highest BCUT2D eigenvalue weighted by Gasteiger charge is 2.33. The van der Waals surface area contributed by atoms with Crippen molar-refractivity contribution in [2.75, 3.05) is 6.35 Å². The highest BCUT2D eigenvalue weighted by atomic mass is 31.2. The third-order valence-electron chi connectivity index (χ3n) is 7.97. The van der Waals surface area contributed by atoms with Crippen LogP contribution in [0.5, 0.6) is 0 Å². The van der Waals surface area contributed by atoms with E-state index in [1.165, 1.54) is 0 Å². The lowest BCUT2D eigenvalue weighted by Gasteiger charge is -2.31. The van der Waals surface area contributed by atoms with E-state index in [-0.39, 0.29) is 36.3 Å². The van der Waals surface area contributed by atoms with Crippen molar-refractivity contribution in [1.29, 1.82) is 0 Å². The van der Waals surface area contributed by atoms with Gasteiger partial charge in [-0.3, -0.25) is 9.36 Å². The summed E-state index contributed by atoms with van der Waals surface area (Å²) in [5.74, 6) is 0.294. The zero-order chi connectivity index (χ0) is 37.9. The topological polar surface area (TPSA) is 136 Å². The average molecular weight is 708 g/mol. The van der Waals surface area contributed by atoms with Gasteiger partial charge in [0.05, 0.1) is 18.2 Å². The third kappa shape index (κ3) is 17.7. The Bertz CT molecular complexity index is 1260. The maximum Gasteiger partial charge on any atom is 0.323 e. The second-order valence-electron chi connectivity index (χ2n) is 13.2. The zero-order valence-electron chi connectivity index (χ0n) is 32.4.